The van der Waals surface area contributed by atoms with Crippen molar-refractivity contribution in [3.63, 3.8) is 0 Å². The van der Waals surface area contributed by atoms with E-state index in [9.17, 15) is 4.79 Å². The molecule has 0 aliphatic heterocycles. The number of halogens is 1. The number of carbonyl (C=O) groups excluding carboxylic acids is 1. The maximum Gasteiger partial charge on any atom is 0.322 e. The van der Waals surface area contributed by atoms with Crippen molar-refractivity contribution in [2.45, 2.75) is 32.9 Å². The van der Waals surface area contributed by atoms with Crippen molar-refractivity contribution in [2.75, 3.05) is 6.61 Å². The van der Waals surface area contributed by atoms with Gasteiger partial charge in [0.2, 0.25) is 0 Å². The van der Waals surface area contributed by atoms with Crippen LogP contribution in [-0.2, 0) is 9.53 Å². The molecule has 0 aliphatic carbocycles. The monoisotopic (exact) mass is 299 g/mol. The number of esters is 1. The molecule has 0 saturated carbocycles. The fourth-order valence-electron chi connectivity index (χ4n) is 1.56. The highest BCUT2D eigenvalue weighted by Crippen LogP contribution is 2.17. The van der Waals surface area contributed by atoms with Gasteiger partial charge in [-0.3, -0.25) is 10.1 Å². The third kappa shape index (κ3) is 4.48. The summed E-state index contributed by atoms with van der Waals surface area (Å²) in [6.07, 6.45) is 0. The second-order valence-electron chi connectivity index (χ2n) is 3.91. The standard InChI is InChI=1S/C13H18BrNO2/c1-4-17-13(16)10(3)15-9(2)11-5-7-12(14)8-6-11/h5-10,15H,4H2,1-3H3/t9-,10?/m1/s1. The van der Waals surface area contributed by atoms with Gasteiger partial charge in [0.05, 0.1) is 6.61 Å². The van der Waals surface area contributed by atoms with Crippen molar-refractivity contribution >= 4 is 21.9 Å². The average molecular weight is 300 g/mol. The van der Waals surface area contributed by atoms with Gasteiger partial charge in [-0.15, -0.1) is 0 Å². The van der Waals surface area contributed by atoms with Crippen LogP contribution in [0.3, 0.4) is 0 Å². The Balaban J connectivity index is 2.56. The first-order valence-corrected chi connectivity index (χ1v) is 6.52. The van der Waals surface area contributed by atoms with Gasteiger partial charge >= 0.3 is 5.97 Å². The molecular formula is C13H18BrNO2. The quantitative estimate of drug-likeness (QED) is 0.849. The van der Waals surface area contributed by atoms with Crippen LogP contribution in [0.15, 0.2) is 28.7 Å². The molecule has 1 N–H and O–H groups in total. The minimum Gasteiger partial charge on any atom is -0.465 e. The van der Waals surface area contributed by atoms with Crippen LogP contribution in [0.4, 0.5) is 0 Å². The summed E-state index contributed by atoms with van der Waals surface area (Å²) in [6.45, 7) is 6.06. The molecule has 1 aromatic rings. The van der Waals surface area contributed by atoms with Crippen molar-refractivity contribution < 1.29 is 9.53 Å². The predicted molar refractivity (Wildman–Crippen MR) is 71.8 cm³/mol. The topological polar surface area (TPSA) is 38.3 Å². The maximum absolute atomic E-state index is 11.5. The number of hydrogen-bond donors (Lipinski definition) is 1. The number of benzene rings is 1. The molecular weight excluding hydrogens is 282 g/mol. The Kier molecular flexibility index (Phi) is 5.65. The van der Waals surface area contributed by atoms with E-state index in [1.54, 1.807) is 0 Å². The molecule has 0 saturated heterocycles. The van der Waals surface area contributed by atoms with E-state index in [0.29, 0.717) is 6.61 Å². The summed E-state index contributed by atoms with van der Waals surface area (Å²) in [4.78, 5) is 11.5. The van der Waals surface area contributed by atoms with Crippen LogP contribution in [0.1, 0.15) is 32.4 Å². The van der Waals surface area contributed by atoms with Gasteiger partial charge in [0, 0.05) is 10.5 Å². The van der Waals surface area contributed by atoms with Crippen LogP contribution < -0.4 is 5.32 Å². The van der Waals surface area contributed by atoms with E-state index >= 15 is 0 Å². The molecule has 1 unspecified atom stereocenters. The average Bonchev–Trinajstić information content (AvgIpc) is 2.30. The van der Waals surface area contributed by atoms with Crippen LogP contribution in [0.2, 0.25) is 0 Å². The molecule has 0 amide bonds. The summed E-state index contributed by atoms with van der Waals surface area (Å²) >= 11 is 3.39. The number of ether oxygens (including phenoxy) is 1. The van der Waals surface area contributed by atoms with Gasteiger partial charge in [-0.2, -0.15) is 0 Å². The van der Waals surface area contributed by atoms with Crippen molar-refractivity contribution in [3.05, 3.63) is 34.3 Å². The fourth-order valence-corrected chi connectivity index (χ4v) is 1.82. The number of hydrogen-bond acceptors (Lipinski definition) is 3. The first-order chi connectivity index (χ1) is 8.04. The molecule has 4 heteroatoms. The van der Waals surface area contributed by atoms with Gasteiger partial charge in [-0.25, -0.2) is 0 Å². The van der Waals surface area contributed by atoms with E-state index in [4.69, 9.17) is 4.74 Å². The van der Waals surface area contributed by atoms with Crippen LogP contribution >= 0.6 is 15.9 Å². The highest BCUT2D eigenvalue weighted by molar-refractivity contribution is 9.10. The molecule has 0 heterocycles. The lowest BCUT2D eigenvalue weighted by Gasteiger charge is -2.19. The lowest BCUT2D eigenvalue weighted by Crippen LogP contribution is -2.37. The number of nitrogens with one attached hydrogen (secondary N) is 1. The summed E-state index contributed by atoms with van der Waals surface area (Å²) in [5.41, 5.74) is 1.14. The van der Waals surface area contributed by atoms with E-state index < -0.39 is 0 Å². The van der Waals surface area contributed by atoms with Crippen LogP contribution in [0.25, 0.3) is 0 Å². The van der Waals surface area contributed by atoms with E-state index in [1.807, 2.05) is 45.0 Å². The zero-order chi connectivity index (χ0) is 12.8. The molecule has 0 aliphatic rings. The minimum atomic E-state index is -0.298. The normalized spacial score (nSPS) is 14.1. The smallest absolute Gasteiger partial charge is 0.322 e. The molecule has 0 aromatic heterocycles. The summed E-state index contributed by atoms with van der Waals surface area (Å²) in [6, 6.07) is 7.85. The molecule has 0 fully saturated rings. The van der Waals surface area contributed by atoms with Crippen molar-refractivity contribution in [2.24, 2.45) is 0 Å². The van der Waals surface area contributed by atoms with E-state index in [0.717, 1.165) is 10.0 Å². The minimum absolute atomic E-state index is 0.113. The molecule has 1 rings (SSSR count). The van der Waals surface area contributed by atoms with Gasteiger partial charge in [-0.1, -0.05) is 28.1 Å². The zero-order valence-corrected chi connectivity index (χ0v) is 12.0. The second-order valence-corrected chi connectivity index (χ2v) is 4.83. The summed E-state index contributed by atoms with van der Waals surface area (Å²) in [5, 5.41) is 3.21. The molecule has 3 nitrogen and oxygen atoms in total. The zero-order valence-electron chi connectivity index (χ0n) is 10.4. The Morgan fingerprint density at radius 3 is 2.47 bits per heavy atom. The molecule has 0 radical (unpaired) electrons. The lowest BCUT2D eigenvalue weighted by molar-refractivity contribution is -0.145. The first-order valence-electron chi connectivity index (χ1n) is 5.72. The van der Waals surface area contributed by atoms with Crippen LogP contribution in [-0.4, -0.2) is 18.6 Å². The van der Waals surface area contributed by atoms with E-state index in [1.165, 1.54) is 0 Å². The summed E-state index contributed by atoms with van der Waals surface area (Å²) in [5.74, 6) is -0.212. The SMILES string of the molecule is CCOC(=O)C(C)N[C@H](C)c1ccc(Br)cc1. The third-order valence-electron chi connectivity index (χ3n) is 2.51. The maximum atomic E-state index is 11.5. The molecule has 17 heavy (non-hydrogen) atoms. The van der Waals surface area contributed by atoms with Gasteiger partial charge in [0.1, 0.15) is 6.04 Å². The lowest BCUT2D eigenvalue weighted by atomic mass is 10.1. The van der Waals surface area contributed by atoms with Crippen molar-refractivity contribution in [1.29, 1.82) is 0 Å². The Labute approximate surface area is 111 Å². The van der Waals surface area contributed by atoms with Crippen molar-refractivity contribution in [1.82, 2.24) is 5.32 Å². The van der Waals surface area contributed by atoms with Crippen LogP contribution in [0, 0.1) is 0 Å². The predicted octanol–water partition coefficient (Wildman–Crippen LogP) is 3.05. The fraction of sp³-hybridized carbons (Fsp3) is 0.462. The summed E-state index contributed by atoms with van der Waals surface area (Å²) < 4.78 is 6.00. The highest BCUT2D eigenvalue weighted by Gasteiger charge is 2.16. The first kappa shape index (κ1) is 14.2. The van der Waals surface area contributed by atoms with E-state index in [-0.39, 0.29) is 18.1 Å². The van der Waals surface area contributed by atoms with Crippen LogP contribution in [0.5, 0.6) is 0 Å². The van der Waals surface area contributed by atoms with Crippen molar-refractivity contribution in [3.8, 4) is 0 Å². The molecule has 2 atom stereocenters. The Bertz CT molecular complexity index is 364. The van der Waals surface area contributed by atoms with E-state index in [2.05, 4.69) is 21.2 Å². The number of rotatable bonds is 5. The molecule has 0 bridgehead atoms. The molecule has 1 aromatic carbocycles. The molecule has 0 spiro atoms. The van der Waals surface area contributed by atoms with Gasteiger partial charge in [-0.05, 0) is 38.5 Å². The van der Waals surface area contributed by atoms with Gasteiger partial charge in [0.15, 0.2) is 0 Å². The van der Waals surface area contributed by atoms with Gasteiger partial charge in [0.25, 0.3) is 0 Å². The molecule has 94 valence electrons. The van der Waals surface area contributed by atoms with Gasteiger partial charge < -0.3 is 4.74 Å². The highest BCUT2D eigenvalue weighted by atomic mass is 79.9. The summed E-state index contributed by atoms with van der Waals surface area (Å²) in [7, 11) is 0. The number of carbonyl (C=O) groups is 1. The largest absolute Gasteiger partial charge is 0.465 e. The second kappa shape index (κ2) is 6.77. The third-order valence-corrected chi connectivity index (χ3v) is 3.04. The Morgan fingerprint density at radius 1 is 1.35 bits per heavy atom. The Morgan fingerprint density at radius 2 is 1.94 bits per heavy atom. The Hall–Kier alpha value is -0.870.